The van der Waals surface area contributed by atoms with Gasteiger partial charge in [0.2, 0.25) is 5.78 Å². The summed E-state index contributed by atoms with van der Waals surface area (Å²) < 4.78 is 14.7. The van der Waals surface area contributed by atoms with E-state index in [9.17, 15) is 0 Å². The third kappa shape index (κ3) is 2.63. The van der Waals surface area contributed by atoms with Crippen LogP contribution >= 0.6 is 0 Å². The van der Waals surface area contributed by atoms with Crippen molar-refractivity contribution in [2.24, 2.45) is 7.05 Å². The number of nitrogens with zero attached hydrogens (tertiary/aromatic N) is 3. The highest BCUT2D eigenvalue weighted by atomic mass is 16.5. The Labute approximate surface area is 146 Å². The normalized spacial score (nSPS) is 11.0. The lowest BCUT2D eigenvalue weighted by Crippen LogP contribution is -1.93. The van der Waals surface area contributed by atoms with E-state index in [-0.39, 0.29) is 0 Å². The molecule has 4 aromatic rings. The topological polar surface area (TPSA) is 40.7 Å². The summed E-state index contributed by atoms with van der Waals surface area (Å²) in [4.78, 5) is 4.78. The number of aromatic nitrogens is 3. The Hall–Kier alpha value is -3.21. The molecule has 5 nitrogen and oxygen atoms in total. The Kier molecular flexibility index (Phi) is 3.69. The second kappa shape index (κ2) is 6.02. The number of methoxy groups -OCH3 is 2. The van der Waals surface area contributed by atoms with Crippen LogP contribution in [0.1, 0.15) is 0 Å². The molecule has 0 unspecified atom stereocenters. The fourth-order valence-corrected chi connectivity index (χ4v) is 3.00. The van der Waals surface area contributed by atoms with Crippen molar-refractivity contribution in [1.82, 2.24) is 14.0 Å². The quantitative estimate of drug-likeness (QED) is 0.566. The molecule has 2 heterocycles. The van der Waals surface area contributed by atoms with Gasteiger partial charge in [0.05, 0.1) is 25.6 Å². The summed E-state index contributed by atoms with van der Waals surface area (Å²) >= 11 is 0. The van der Waals surface area contributed by atoms with E-state index < -0.39 is 0 Å². The van der Waals surface area contributed by atoms with Gasteiger partial charge in [0.1, 0.15) is 11.5 Å². The van der Waals surface area contributed by atoms with Crippen LogP contribution < -0.4 is 9.47 Å². The van der Waals surface area contributed by atoms with Crippen molar-refractivity contribution in [3.05, 3.63) is 60.9 Å². The molecule has 0 spiro atoms. The van der Waals surface area contributed by atoms with Crippen LogP contribution in [0.15, 0.2) is 60.9 Å². The van der Waals surface area contributed by atoms with Gasteiger partial charge in [-0.15, -0.1) is 0 Å². The lowest BCUT2D eigenvalue weighted by Gasteiger charge is -2.04. The van der Waals surface area contributed by atoms with Crippen LogP contribution in [0.5, 0.6) is 11.5 Å². The predicted octanol–water partition coefficient (Wildman–Crippen LogP) is 4.02. The first-order valence-electron chi connectivity index (χ1n) is 8.03. The predicted molar refractivity (Wildman–Crippen MR) is 98.1 cm³/mol. The first kappa shape index (κ1) is 15.3. The second-order valence-electron chi connectivity index (χ2n) is 5.87. The highest BCUT2D eigenvalue weighted by Gasteiger charge is 2.12. The Balaban J connectivity index is 1.75. The average molecular weight is 333 g/mol. The molecular formula is C20H19N3O2. The van der Waals surface area contributed by atoms with E-state index in [1.54, 1.807) is 14.2 Å². The molecule has 0 N–H and O–H groups in total. The van der Waals surface area contributed by atoms with E-state index in [2.05, 4.69) is 22.9 Å². The van der Waals surface area contributed by atoms with Crippen molar-refractivity contribution in [1.29, 1.82) is 0 Å². The van der Waals surface area contributed by atoms with Gasteiger partial charge in [0, 0.05) is 25.0 Å². The maximum atomic E-state index is 5.30. The van der Waals surface area contributed by atoms with E-state index >= 15 is 0 Å². The van der Waals surface area contributed by atoms with Gasteiger partial charge < -0.3 is 14.0 Å². The summed E-state index contributed by atoms with van der Waals surface area (Å²) in [5, 5.41) is 0. The number of imidazole rings is 2. The van der Waals surface area contributed by atoms with Gasteiger partial charge in [-0.25, -0.2) is 4.98 Å². The third-order valence-corrected chi connectivity index (χ3v) is 4.39. The molecule has 2 aromatic carbocycles. The maximum absolute atomic E-state index is 5.30. The number of hydrogen-bond donors (Lipinski definition) is 0. The number of rotatable bonds is 4. The van der Waals surface area contributed by atoms with Gasteiger partial charge in [0.25, 0.3) is 0 Å². The minimum absolute atomic E-state index is 0.827. The number of aryl methyl sites for hydroxylation is 1. The SMILES string of the molecule is COc1ccc(-c2cn3cc(-c4cccc(OC)c4)nc3n2C)cc1. The van der Waals surface area contributed by atoms with E-state index in [1.807, 2.05) is 54.0 Å². The first-order chi connectivity index (χ1) is 12.2. The zero-order valence-electron chi connectivity index (χ0n) is 14.4. The van der Waals surface area contributed by atoms with Crippen LogP contribution in [-0.2, 0) is 7.05 Å². The molecule has 5 heteroatoms. The highest BCUT2D eigenvalue weighted by molar-refractivity contribution is 5.68. The van der Waals surface area contributed by atoms with Gasteiger partial charge in [0.15, 0.2) is 0 Å². The summed E-state index contributed by atoms with van der Waals surface area (Å²) in [6.45, 7) is 0. The second-order valence-corrected chi connectivity index (χ2v) is 5.87. The highest BCUT2D eigenvalue weighted by Crippen LogP contribution is 2.28. The van der Waals surface area contributed by atoms with Gasteiger partial charge in [-0.05, 0) is 42.0 Å². The molecule has 126 valence electrons. The summed E-state index contributed by atoms with van der Waals surface area (Å²) in [5.41, 5.74) is 4.18. The lowest BCUT2D eigenvalue weighted by atomic mass is 10.1. The smallest absolute Gasteiger partial charge is 0.214 e. The third-order valence-electron chi connectivity index (χ3n) is 4.39. The van der Waals surface area contributed by atoms with Crippen molar-refractivity contribution in [2.75, 3.05) is 14.2 Å². The molecule has 25 heavy (non-hydrogen) atoms. The van der Waals surface area contributed by atoms with Crippen LogP contribution in [0.4, 0.5) is 0 Å². The fraction of sp³-hybridized carbons (Fsp3) is 0.150. The van der Waals surface area contributed by atoms with Gasteiger partial charge >= 0.3 is 0 Å². The Morgan fingerprint density at radius 3 is 2.28 bits per heavy atom. The van der Waals surface area contributed by atoms with Crippen molar-refractivity contribution in [3.8, 4) is 34.0 Å². The number of ether oxygens (including phenoxy) is 2. The molecule has 2 aromatic heterocycles. The van der Waals surface area contributed by atoms with Crippen molar-refractivity contribution >= 4 is 5.78 Å². The largest absolute Gasteiger partial charge is 0.497 e. The molecule has 0 fully saturated rings. The summed E-state index contributed by atoms with van der Waals surface area (Å²) in [7, 11) is 5.37. The number of benzene rings is 2. The average Bonchev–Trinajstić information content (AvgIpc) is 3.21. The van der Waals surface area contributed by atoms with Crippen LogP contribution in [0.2, 0.25) is 0 Å². The molecule has 0 aliphatic heterocycles. The molecule has 0 amide bonds. The molecule has 0 aliphatic rings. The zero-order chi connectivity index (χ0) is 17.4. The van der Waals surface area contributed by atoms with Crippen LogP contribution in [0.25, 0.3) is 28.3 Å². The molecule has 0 radical (unpaired) electrons. The van der Waals surface area contributed by atoms with Crippen LogP contribution in [0, 0.1) is 0 Å². The fourth-order valence-electron chi connectivity index (χ4n) is 3.00. The summed E-state index contributed by atoms with van der Waals surface area (Å²) in [6.07, 6.45) is 4.13. The number of fused-ring (bicyclic) bond motifs is 1. The van der Waals surface area contributed by atoms with E-state index in [0.717, 1.165) is 39.8 Å². The molecule has 0 saturated heterocycles. The summed E-state index contributed by atoms with van der Waals surface area (Å²) in [6, 6.07) is 16.0. The van der Waals surface area contributed by atoms with Crippen molar-refractivity contribution in [3.63, 3.8) is 0 Å². The van der Waals surface area contributed by atoms with E-state index in [4.69, 9.17) is 14.5 Å². The molecule has 0 atom stereocenters. The minimum Gasteiger partial charge on any atom is -0.497 e. The van der Waals surface area contributed by atoms with Gasteiger partial charge in [-0.3, -0.25) is 4.40 Å². The van der Waals surface area contributed by atoms with Crippen molar-refractivity contribution in [2.45, 2.75) is 0 Å². The Bertz CT molecular complexity index is 1030. The molecule has 0 aliphatic carbocycles. The monoisotopic (exact) mass is 333 g/mol. The molecule has 4 rings (SSSR count). The van der Waals surface area contributed by atoms with Gasteiger partial charge in [-0.1, -0.05) is 12.1 Å². The molecule has 0 saturated carbocycles. The first-order valence-corrected chi connectivity index (χ1v) is 8.03. The van der Waals surface area contributed by atoms with E-state index in [1.165, 1.54) is 0 Å². The maximum Gasteiger partial charge on any atom is 0.214 e. The van der Waals surface area contributed by atoms with Crippen molar-refractivity contribution < 1.29 is 9.47 Å². The Morgan fingerprint density at radius 1 is 0.840 bits per heavy atom. The van der Waals surface area contributed by atoms with Gasteiger partial charge in [-0.2, -0.15) is 0 Å². The van der Waals surface area contributed by atoms with Crippen LogP contribution in [0.3, 0.4) is 0 Å². The zero-order valence-corrected chi connectivity index (χ0v) is 14.4. The van der Waals surface area contributed by atoms with Crippen LogP contribution in [-0.4, -0.2) is 28.2 Å². The molecule has 0 bridgehead atoms. The van der Waals surface area contributed by atoms with E-state index in [0.29, 0.717) is 0 Å². The standard InChI is InChI=1S/C20H19N3O2/c1-22-19(14-7-9-16(24-2)10-8-14)13-23-12-18(21-20(22)23)15-5-4-6-17(11-15)25-3/h4-13H,1-3H3. The summed E-state index contributed by atoms with van der Waals surface area (Å²) in [5.74, 6) is 2.57. The minimum atomic E-state index is 0.827. The Morgan fingerprint density at radius 2 is 1.60 bits per heavy atom. The lowest BCUT2D eigenvalue weighted by molar-refractivity contribution is 0.415. The number of hydrogen-bond acceptors (Lipinski definition) is 3. The molecular weight excluding hydrogens is 314 g/mol.